The van der Waals surface area contributed by atoms with Gasteiger partial charge < -0.3 is 9.52 Å². The standard InChI is InChI=1S/C19H16N2O5/c1-10-6-11(2)18(12(3)7-10)16(22)9-15-19(23)26-17-8-13(21(24)25)4-5-14(17)20-15/h4-9,22H,1-3H3/b16-9-. The number of non-ortho nitro benzene ring substituents is 1. The number of hydrogen-bond acceptors (Lipinski definition) is 6. The number of fused-ring (bicyclic) bond motifs is 1. The van der Waals surface area contributed by atoms with E-state index < -0.39 is 10.5 Å². The van der Waals surface area contributed by atoms with Crippen molar-refractivity contribution in [2.45, 2.75) is 20.8 Å². The molecule has 3 rings (SSSR count). The fourth-order valence-electron chi connectivity index (χ4n) is 2.99. The van der Waals surface area contributed by atoms with Gasteiger partial charge in [0, 0.05) is 17.7 Å². The molecule has 1 N–H and O–H groups in total. The van der Waals surface area contributed by atoms with E-state index in [1.807, 2.05) is 32.9 Å². The van der Waals surface area contributed by atoms with Gasteiger partial charge in [0.15, 0.2) is 11.3 Å². The fraction of sp³-hybridized carbons (Fsp3) is 0.158. The van der Waals surface area contributed by atoms with E-state index in [1.54, 1.807) is 0 Å². The van der Waals surface area contributed by atoms with Crippen LogP contribution in [0.1, 0.15) is 27.9 Å². The molecule has 1 aromatic heterocycles. The third-order valence-corrected chi connectivity index (χ3v) is 4.01. The van der Waals surface area contributed by atoms with Crippen LogP contribution in [-0.2, 0) is 0 Å². The van der Waals surface area contributed by atoms with Gasteiger partial charge >= 0.3 is 5.63 Å². The highest BCUT2D eigenvalue weighted by Gasteiger charge is 2.13. The van der Waals surface area contributed by atoms with E-state index in [1.165, 1.54) is 18.2 Å². The zero-order valence-electron chi connectivity index (χ0n) is 14.4. The van der Waals surface area contributed by atoms with Crippen LogP contribution in [0.4, 0.5) is 5.69 Å². The average molecular weight is 352 g/mol. The minimum Gasteiger partial charge on any atom is -0.507 e. The Morgan fingerprint density at radius 1 is 1.19 bits per heavy atom. The highest BCUT2D eigenvalue weighted by molar-refractivity contribution is 5.81. The maximum Gasteiger partial charge on any atom is 0.362 e. The molecule has 0 radical (unpaired) electrons. The van der Waals surface area contributed by atoms with E-state index in [2.05, 4.69) is 4.98 Å². The van der Waals surface area contributed by atoms with Crippen LogP contribution in [0, 0.1) is 30.9 Å². The summed E-state index contributed by atoms with van der Waals surface area (Å²) in [5, 5.41) is 21.3. The Morgan fingerprint density at radius 2 is 1.85 bits per heavy atom. The monoisotopic (exact) mass is 352 g/mol. The number of aromatic nitrogens is 1. The third-order valence-electron chi connectivity index (χ3n) is 4.01. The Balaban J connectivity index is 2.12. The summed E-state index contributed by atoms with van der Waals surface area (Å²) in [4.78, 5) is 26.5. The SMILES string of the molecule is Cc1cc(C)c(/C(O)=C/c2nc3ccc([N+](=O)[O-])cc3oc2=O)c(C)c1. The van der Waals surface area contributed by atoms with Gasteiger partial charge in [-0.2, -0.15) is 0 Å². The number of rotatable bonds is 3. The van der Waals surface area contributed by atoms with Crippen LogP contribution in [0.25, 0.3) is 22.9 Å². The number of nitro groups is 1. The second-order valence-corrected chi connectivity index (χ2v) is 6.10. The summed E-state index contributed by atoms with van der Waals surface area (Å²) >= 11 is 0. The zero-order valence-corrected chi connectivity index (χ0v) is 14.4. The van der Waals surface area contributed by atoms with Crippen LogP contribution in [0.2, 0.25) is 0 Å². The van der Waals surface area contributed by atoms with E-state index >= 15 is 0 Å². The number of benzene rings is 2. The first kappa shape index (κ1) is 17.3. The maximum atomic E-state index is 12.2. The second kappa shape index (κ2) is 6.44. The minimum absolute atomic E-state index is 0.0172. The number of nitrogens with zero attached hydrogens (tertiary/aromatic N) is 2. The van der Waals surface area contributed by atoms with Crippen molar-refractivity contribution in [2.75, 3.05) is 0 Å². The molecule has 0 saturated carbocycles. The van der Waals surface area contributed by atoms with Gasteiger partial charge in [-0.05, 0) is 38.0 Å². The van der Waals surface area contributed by atoms with E-state index in [-0.39, 0.29) is 28.2 Å². The first-order chi connectivity index (χ1) is 12.3. The van der Waals surface area contributed by atoms with Crippen LogP contribution >= 0.6 is 0 Å². The van der Waals surface area contributed by atoms with E-state index in [9.17, 15) is 20.0 Å². The predicted octanol–water partition coefficient (Wildman–Crippen LogP) is 4.08. The lowest BCUT2D eigenvalue weighted by molar-refractivity contribution is -0.384. The molecule has 0 amide bonds. The molecule has 0 aliphatic rings. The summed E-state index contributed by atoms with van der Waals surface area (Å²) in [6, 6.07) is 7.68. The highest BCUT2D eigenvalue weighted by atomic mass is 16.6. The number of nitro benzene ring substituents is 1. The summed E-state index contributed by atoms with van der Waals surface area (Å²) in [5.74, 6) is -0.0962. The second-order valence-electron chi connectivity index (χ2n) is 6.10. The molecule has 26 heavy (non-hydrogen) atoms. The fourth-order valence-corrected chi connectivity index (χ4v) is 2.99. The molecule has 0 saturated heterocycles. The van der Waals surface area contributed by atoms with Crippen molar-refractivity contribution in [3.63, 3.8) is 0 Å². The van der Waals surface area contributed by atoms with Crippen molar-refractivity contribution >= 4 is 28.6 Å². The summed E-state index contributed by atoms with van der Waals surface area (Å²) in [5.41, 5.74) is 2.68. The Hall–Kier alpha value is -3.48. The van der Waals surface area contributed by atoms with Gasteiger partial charge in [-0.1, -0.05) is 17.7 Å². The van der Waals surface area contributed by atoms with Gasteiger partial charge in [-0.15, -0.1) is 0 Å². The highest BCUT2D eigenvalue weighted by Crippen LogP contribution is 2.24. The average Bonchev–Trinajstić information content (AvgIpc) is 2.54. The van der Waals surface area contributed by atoms with E-state index in [4.69, 9.17) is 4.42 Å². The number of hydrogen-bond donors (Lipinski definition) is 1. The van der Waals surface area contributed by atoms with Gasteiger partial charge in [-0.3, -0.25) is 10.1 Å². The van der Waals surface area contributed by atoms with Gasteiger partial charge in [0.2, 0.25) is 0 Å². The largest absolute Gasteiger partial charge is 0.507 e. The van der Waals surface area contributed by atoms with Crippen LogP contribution in [0.3, 0.4) is 0 Å². The smallest absolute Gasteiger partial charge is 0.362 e. The van der Waals surface area contributed by atoms with Crippen LogP contribution in [-0.4, -0.2) is 15.0 Å². The predicted molar refractivity (Wildman–Crippen MR) is 98.1 cm³/mol. The summed E-state index contributed by atoms with van der Waals surface area (Å²) in [7, 11) is 0. The van der Waals surface area contributed by atoms with Crippen molar-refractivity contribution in [2.24, 2.45) is 0 Å². The zero-order chi connectivity index (χ0) is 19.0. The van der Waals surface area contributed by atoms with Crippen molar-refractivity contribution in [3.05, 3.63) is 78.8 Å². The molecular formula is C19H16N2O5. The first-order valence-corrected chi connectivity index (χ1v) is 7.84. The molecule has 3 aromatic rings. The molecule has 0 aliphatic carbocycles. The van der Waals surface area contributed by atoms with Crippen molar-refractivity contribution in [3.8, 4) is 0 Å². The Morgan fingerprint density at radius 3 is 2.46 bits per heavy atom. The Labute approximate surface area is 148 Å². The summed E-state index contributed by atoms with van der Waals surface area (Å²) in [6.45, 7) is 5.70. The molecule has 2 aromatic carbocycles. The number of aliphatic hydroxyl groups is 1. The number of aryl methyl sites for hydroxylation is 3. The van der Waals surface area contributed by atoms with Gasteiger partial charge in [-0.25, -0.2) is 9.78 Å². The van der Waals surface area contributed by atoms with Crippen molar-refractivity contribution in [1.29, 1.82) is 0 Å². The first-order valence-electron chi connectivity index (χ1n) is 7.84. The molecule has 0 spiro atoms. The lowest BCUT2D eigenvalue weighted by atomic mass is 9.98. The van der Waals surface area contributed by atoms with Crippen LogP contribution < -0.4 is 5.63 Å². The normalized spacial score (nSPS) is 11.7. The van der Waals surface area contributed by atoms with Gasteiger partial charge in [0.1, 0.15) is 11.3 Å². The molecule has 132 valence electrons. The Kier molecular flexibility index (Phi) is 4.29. The molecular weight excluding hydrogens is 336 g/mol. The molecule has 0 bridgehead atoms. The molecule has 7 nitrogen and oxygen atoms in total. The lowest BCUT2D eigenvalue weighted by Gasteiger charge is -2.10. The van der Waals surface area contributed by atoms with Crippen LogP contribution in [0.15, 0.2) is 39.5 Å². The Bertz CT molecular complexity index is 1110. The molecule has 0 aliphatic heterocycles. The van der Waals surface area contributed by atoms with E-state index in [0.29, 0.717) is 5.56 Å². The lowest BCUT2D eigenvalue weighted by Crippen LogP contribution is -2.07. The van der Waals surface area contributed by atoms with Crippen molar-refractivity contribution in [1.82, 2.24) is 4.98 Å². The summed E-state index contributed by atoms with van der Waals surface area (Å²) in [6.07, 6.45) is 1.25. The third kappa shape index (κ3) is 3.19. The number of aliphatic hydroxyl groups excluding tert-OH is 1. The molecule has 0 unspecified atom stereocenters. The molecule has 1 heterocycles. The molecule has 0 atom stereocenters. The van der Waals surface area contributed by atoms with E-state index in [0.717, 1.165) is 22.8 Å². The van der Waals surface area contributed by atoms with Crippen molar-refractivity contribution < 1.29 is 14.4 Å². The molecule has 0 fully saturated rings. The quantitative estimate of drug-likeness (QED) is 0.432. The van der Waals surface area contributed by atoms with Gasteiger partial charge in [0.25, 0.3) is 5.69 Å². The minimum atomic E-state index is -0.785. The van der Waals surface area contributed by atoms with Crippen LogP contribution in [0.5, 0.6) is 0 Å². The maximum absolute atomic E-state index is 12.2. The van der Waals surface area contributed by atoms with Gasteiger partial charge in [0.05, 0.1) is 11.0 Å². The topological polar surface area (TPSA) is 106 Å². The summed E-state index contributed by atoms with van der Waals surface area (Å²) < 4.78 is 5.12. The molecule has 7 heteroatoms.